The van der Waals surface area contributed by atoms with Crippen molar-refractivity contribution >= 4 is 11.7 Å². The highest BCUT2D eigenvalue weighted by Crippen LogP contribution is 2.18. The average molecular weight is 304 g/mol. The molecule has 1 fully saturated rings. The smallest absolute Gasteiger partial charge is 0.319 e. The van der Waals surface area contributed by atoms with E-state index in [0.29, 0.717) is 6.04 Å². The molecule has 0 atom stereocenters. The minimum absolute atomic E-state index is 0.134. The molecule has 0 heterocycles. The van der Waals surface area contributed by atoms with Crippen molar-refractivity contribution in [3.63, 3.8) is 0 Å². The Labute approximate surface area is 137 Å². The molecule has 0 aliphatic heterocycles. The van der Waals surface area contributed by atoms with Gasteiger partial charge in [-0.25, -0.2) is 4.79 Å². The van der Waals surface area contributed by atoms with Gasteiger partial charge in [0.05, 0.1) is 0 Å². The molecule has 2 aromatic carbocycles. The van der Waals surface area contributed by atoms with Crippen molar-refractivity contribution in [3.8, 4) is 11.8 Å². The van der Waals surface area contributed by atoms with E-state index in [0.717, 1.165) is 29.7 Å². The lowest BCUT2D eigenvalue weighted by Gasteiger charge is -2.13. The summed E-state index contributed by atoms with van der Waals surface area (Å²) < 4.78 is 0. The second-order valence-electron chi connectivity index (χ2n) is 5.78. The van der Waals surface area contributed by atoms with Crippen molar-refractivity contribution in [1.29, 1.82) is 0 Å². The number of hydrogen-bond donors (Lipinski definition) is 2. The lowest BCUT2D eigenvalue weighted by molar-refractivity contribution is 0.248. The Kier molecular flexibility index (Phi) is 4.95. The molecule has 23 heavy (non-hydrogen) atoms. The molecule has 116 valence electrons. The summed E-state index contributed by atoms with van der Waals surface area (Å²) in [6.07, 6.45) is 4.57. The van der Waals surface area contributed by atoms with Gasteiger partial charge in [-0.15, -0.1) is 0 Å². The van der Waals surface area contributed by atoms with Crippen LogP contribution in [0.3, 0.4) is 0 Å². The second-order valence-corrected chi connectivity index (χ2v) is 5.78. The molecule has 0 saturated heterocycles. The highest BCUT2D eigenvalue weighted by atomic mass is 16.2. The summed E-state index contributed by atoms with van der Waals surface area (Å²) in [4.78, 5) is 12.0. The van der Waals surface area contributed by atoms with Crippen LogP contribution in [0, 0.1) is 11.8 Å². The molecule has 0 aromatic heterocycles. The van der Waals surface area contributed by atoms with E-state index in [-0.39, 0.29) is 6.03 Å². The highest BCUT2D eigenvalue weighted by Gasteiger charge is 2.16. The Morgan fingerprint density at radius 2 is 1.61 bits per heavy atom. The monoisotopic (exact) mass is 304 g/mol. The number of carbonyl (C=O) groups excluding carboxylic acids is 1. The third-order valence-corrected chi connectivity index (χ3v) is 3.94. The second kappa shape index (κ2) is 7.51. The fourth-order valence-electron chi connectivity index (χ4n) is 2.76. The predicted octanol–water partition coefficient (Wildman–Crippen LogP) is 4.15. The molecule has 0 radical (unpaired) electrons. The maximum absolute atomic E-state index is 12.0. The first-order chi connectivity index (χ1) is 11.3. The van der Waals surface area contributed by atoms with Crippen molar-refractivity contribution < 1.29 is 4.79 Å². The number of nitrogens with one attached hydrogen (secondary N) is 2. The average Bonchev–Trinajstić information content (AvgIpc) is 3.07. The number of rotatable bonds is 2. The largest absolute Gasteiger partial charge is 0.335 e. The molecule has 0 spiro atoms. The van der Waals surface area contributed by atoms with E-state index >= 15 is 0 Å². The molecule has 1 aliphatic rings. The molecule has 0 unspecified atom stereocenters. The number of carbonyl (C=O) groups is 1. The van der Waals surface area contributed by atoms with E-state index in [1.807, 2.05) is 54.6 Å². The summed E-state index contributed by atoms with van der Waals surface area (Å²) in [5, 5.41) is 5.91. The van der Waals surface area contributed by atoms with Crippen LogP contribution in [0.15, 0.2) is 54.6 Å². The van der Waals surface area contributed by atoms with Crippen LogP contribution < -0.4 is 10.6 Å². The van der Waals surface area contributed by atoms with Gasteiger partial charge in [-0.05, 0) is 43.2 Å². The minimum Gasteiger partial charge on any atom is -0.335 e. The third kappa shape index (κ3) is 4.62. The maximum Gasteiger partial charge on any atom is 0.319 e. The van der Waals surface area contributed by atoms with Crippen molar-refractivity contribution in [2.24, 2.45) is 0 Å². The predicted molar refractivity (Wildman–Crippen MR) is 93.3 cm³/mol. The van der Waals surface area contributed by atoms with E-state index in [9.17, 15) is 4.79 Å². The quantitative estimate of drug-likeness (QED) is 0.804. The normalized spacial score (nSPS) is 13.9. The van der Waals surface area contributed by atoms with Crippen LogP contribution in [0.1, 0.15) is 36.8 Å². The Bertz CT molecular complexity index is 722. The van der Waals surface area contributed by atoms with Crippen LogP contribution in [-0.4, -0.2) is 12.1 Å². The topological polar surface area (TPSA) is 41.1 Å². The number of amides is 2. The molecular weight excluding hydrogens is 284 g/mol. The zero-order valence-corrected chi connectivity index (χ0v) is 13.0. The summed E-state index contributed by atoms with van der Waals surface area (Å²) in [7, 11) is 0. The SMILES string of the molecule is O=C(Nc1cccc(C#Cc2ccccc2)c1)NC1CCCC1. The Morgan fingerprint density at radius 1 is 0.913 bits per heavy atom. The molecule has 0 bridgehead atoms. The van der Waals surface area contributed by atoms with Gasteiger partial charge in [0, 0.05) is 22.9 Å². The zero-order chi connectivity index (χ0) is 15.9. The summed E-state index contributed by atoms with van der Waals surface area (Å²) in [6.45, 7) is 0. The van der Waals surface area contributed by atoms with E-state index in [4.69, 9.17) is 0 Å². The third-order valence-electron chi connectivity index (χ3n) is 3.94. The van der Waals surface area contributed by atoms with E-state index in [2.05, 4.69) is 22.5 Å². The van der Waals surface area contributed by atoms with Crippen LogP contribution >= 0.6 is 0 Å². The van der Waals surface area contributed by atoms with Crippen LogP contribution in [0.25, 0.3) is 0 Å². The molecule has 3 rings (SSSR count). The van der Waals surface area contributed by atoms with Crippen LogP contribution in [0.2, 0.25) is 0 Å². The Morgan fingerprint density at radius 3 is 2.39 bits per heavy atom. The number of anilines is 1. The molecule has 3 heteroatoms. The Balaban J connectivity index is 1.63. The lowest BCUT2D eigenvalue weighted by Crippen LogP contribution is -2.36. The van der Waals surface area contributed by atoms with E-state index in [1.165, 1.54) is 12.8 Å². The van der Waals surface area contributed by atoms with Crippen molar-refractivity contribution in [1.82, 2.24) is 5.32 Å². The van der Waals surface area contributed by atoms with Gasteiger partial charge in [0.2, 0.25) is 0 Å². The zero-order valence-electron chi connectivity index (χ0n) is 13.0. The highest BCUT2D eigenvalue weighted by molar-refractivity contribution is 5.89. The van der Waals surface area contributed by atoms with Crippen LogP contribution in [0.5, 0.6) is 0 Å². The van der Waals surface area contributed by atoms with Gasteiger partial charge in [0.15, 0.2) is 0 Å². The minimum atomic E-state index is -0.134. The van der Waals surface area contributed by atoms with Crippen LogP contribution in [0.4, 0.5) is 10.5 Å². The summed E-state index contributed by atoms with van der Waals surface area (Å²) in [5.41, 5.74) is 2.62. The van der Waals surface area contributed by atoms with Crippen molar-refractivity contribution in [2.75, 3.05) is 5.32 Å². The van der Waals surface area contributed by atoms with Crippen molar-refractivity contribution in [2.45, 2.75) is 31.7 Å². The first-order valence-corrected chi connectivity index (χ1v) is 8.04. The first-order valence-electron chi connectivity index (χ1n) is 8.04. The first kappa shape index (κ1) is 15.2. The molecule has 3 nitrogen and oxygen atoms in total. The molecule has 2 amide bonds. The standard InChI is InChI=1S/C20H20N2O/c23-20(21-18-10-4-5-11-18)22-19-12-6-9-17(15-19)14-13-16-7-2-1-3-8-16/h1-3,6-9,12,15,18H,4-5,10-11H2,(H2,21,22,23). The fraction of sp³-hybridized carbons (Fsp3) is 0.250. The number of urea groups is 1. The van der Waals surface area contributed by atoms with E-state index in [1.54, 1.807) is 0 Å². The fourth-order valence-corrected chi connectivity index (χ4v) is 2.76. The summed E-state index contributed by atoms with van der Waals surface area (Å²) >= 11 is 0. The summed E-state index contributed by atoms with van der Waals surface area (Å²) in [6, 6.07) is 17.7. The molecule has 2 N–H and O–H groups in total. The summed E-state index contributed by atoms with van der Waals surface area (Å²) in [5.74, 6) is 6.25. The van der Waals surface area contributed by atoms with Gasteiger partial charge in [-0.2, -0.15) is 0 Å². The Hall–Kier alpha value is -2.73. The van der Waals surface area contributed by atoms with Gasteiger partial charge in [0.25, 0.3) is 0 Å². The van der Waals surface area contributed by atoms with E-state index < -0.39 is 0 Å². The van der Waals surface area contributed by atoms with Gasteiger partial charge in [-0.3, -0.25) is 0 Å². The van der Waals surface area contributed by atoms with Crippen molar-refractivity contribution in [3.05, 3.63) is 65.7 Å². The lowest BCUT2D eigenvalue weighted by atomic mass is 10.1. The molecular formula is C20H20N2O. The molecule has 1 aliphatic carbocycles. The van der Waals surface area contributed by atoms with Crippen LogP contribution in [-0.2, 0) is 0 Å². The maximum atomic E-state index is 12.0. The molecule has 2 aromatic rings. The van der Waals surface area contributed by atoms with Gasteiger partial charge in [0.1, 0.15) is 0 Å². The van der Waals surface area contributed by atoms with Gasteiger partial charge in [-0.1, -0.05) is 48.9 Å². The number of hydrogen-bond acceptors (Lipinski definition) is 1. The number of benzene rings is 2. The van der Waals surface area contributed by atoms with Gasteiger partial charge >= 0.3 is 6.03 Å². The van der Waals surface area contributed by atoms with Gasteiger partial charge < -0.3 is 10.6 Å². The molecule has 1 saturated carbocycles.